The van der Waals surface area contributed by atoms with Crippen molar-refractivity contribution in [1.82, 2.24) is 0 Å². The lowest BCUT2D eigenvalue weighted by atomic mass is 9.55. The zero-order valence-electron chi connectivity index (χ0n) is 23.1. The second-order valence-corrected chi connectivity index (χ2v) is 10.5. The molecular formula is C28H36O11. The van der Waals surface area contributed by atoms with E-state index in [1.54, 1.807) is 13.0 Å². The van der Waals surface area contributed by atoms with Gasteiger partial charge in [0.1, 0.15) is 24.9 Å². The Morgan fingerprint density at radius 1 is 1.05 bits per heavy atom. The van der Waals surface area contributed by atoms with E-state index in [-0.39, 0.29) is 6.61 Å². The number of hydrogen-bond donors (Lipinski definition) is 1. The summed E-state index contributed by atoms with van der Waals surface area (Å²) >= 11 is 0. The molecule has 1 unspecified atom stereocenters. The van der Waals surface area contributed by atoms with Crippen molar-refractivity contribution in [2.75, 3.05) is 6.61 Å². The highest BCUT2D eigenvalue weighted by atomic mass is 16.6. The quantitative estimate of drug-likeness (QED) is 0.305. The van der Waals surface area contributed by atoms with Crippen molar-refractivity contribution >= 4 is 29.8 Å². The molecule has 11 nitrogen and oxygen atoms in total. The Morgan fingerprint density at radius 3 is 2.23 bits per heavy atom. The van der Waals surface area contributed by atoms with Gasteiger partial charge >= 0.3 is 29.8 Å². The van der Waals surface area contributed by atoms with Crippen molar-refractivity contribution < 1.29 is 52.8 Å². The lowest BCUT2D eigenvalue weighted by Crippen LogP contribution is -2.65. The molecule has 8 atom stereocenters. The summed E-state index contributed by atoms with van der Waals surface area (Å²) in [6.45, 7) is 12.0. The minimum atomic E-state index is -2.12. The summed E-state index contributed by atoms with van der Waals surface area (Å²) in [5.41, 5.74) is -2.60. The van der Waals surface area contributed by atoms with Gasteiger partial charge in [0, 0.05) is 33.6 Å². The molecule has 1 heterocycles. The van der Waals surface area contributed by atoms with Crippen LogP contribution >= 0.6 is 0 Å². The normalized spacial score (nSPS) is 38.1. The van der Waals surface area contributed by atoms with E-state index >= 15 is 0 Å². The van der Waals surface area contributed by atoms with Gasteiger partial charge in [-0.3, -0.25) is 24.0 Å². The highest BCUT2D eigenvalue weighted by Gasteiger charge is 2.67. The Labute approximate surface area is 227 Å². The largest absolute Gasteiger partial charge is 0.462 e. The molecule has 1 saturated heterocycles. The van der Waals surface area contributed by atoms with Gasteiger partial charge in [0.25, 0.3) is 0 Å². The second kappa shape index (κ2) is 11.3. The first-order chi connectivity index (χ1) is 18.1. The fourth-order valence-corrected chi connectivity index (χ4v) is 5.95. The Kier molecular flexibility index (Phi) is 8.74. The highest BCUT2D eigenvalue weighted by molar-refractivity contribution is 5.78. The predicted octanol–water partition coefficient (Wildman–Crippen LogP) is 2.11. The number of hydrogen-bond acceptors (Lipinski definition) is 11. The van der Waals surface area contributed by atoms with Crippen LogP contribution in [0, 0.1) is 17.3 Å². The van der Waals surface area contributed by atoms with Crippen LogP contribution in [0.5, 0.6) is 0 Å². The van der Waals surface area contributed by atoms with E-state index in [0.29, 0.717) is 24.0 Å². The number of aliphatic hydroxyl groups is 1. The van der Waals surface area contributed by atoms with E-state index in [1.807, 2.05) is 0 Å². The van der Waals surface area contributed by atoms with Gasteiger partial charge in [-0.2, -0.15) is 0 Å². The van der Waals surface area contributed by atoms with Crippen molar-refractivity contribution in [2.24, 2.45) is 17.3 Å². The van der Waals surface area contributed by atoms with Crippen LogP contribution in [0.2, 0.25) is 0 Å². The highest BCUT2D eigenvalue weighted by Crippen LogP contribution is 2.55. The monoisotopic (exact) mass is 548 g/mol. The summed E-state index contributed by atoms with van der Waals surface area (Å²) in [6.07, 6.45) is 0.445. The van der Waals surface area contributed by atoms with Crippen LogP contribution < -0.4 is 0 Å². The minimum Gasteiger partial charge on any atom is -0.462 e. The fourth-order valence-electron chi connectivity index (χ4n) is 5.95. The molecule has 1 saturated carbocycles. The van der Waals surface area contributed by atoms with Crippen LogP contribution in [-0.4, -0.2) is 71.6 Å². The first-order valence-electron chi connectivity index (χ1n) is 12.8. The van der Waals surface area contributed by atoms with E-state index in [2.05, 4.69) is 6.58 Å². The van der Waals surface area contributed by atoms with Gasteiger partial charge in [-0.15, -0.1) is 0 Å². The lowest BCUT2D eigenvalue weighted by molar-refractivity contribution is -0.214. The van der Waals surface area contributed by atoms with E-state index in [4.69, 9.17) is 23.7 Å². The Hall–Kier alpha value is -3.47. The summed E-state index contributed by atoms with van der Waals surface area (Å²) in [5.74, 6) is -5.40. The van der Waals surface area contributed by atoms with Crippen molar-refractivity contribution in [3.8, 4) is 0 Å². The van der Waals surface area contributed by atoms with Gasteiger partial charge in [-0.25, -0.2) is 0 Å². The van der Waals surface area contributed by atoms with Crippen molar-refractivity contribution in [1.29, 1.82) is 0 Å². The summed E-state index contributed by atoms with van der Waals surface area (Å²) in [5, 5.41) is 12.3. The topological polar surface area (TPSA) is 152 Å². The molecule has 0 amide bonds. The molecule has 0 aromatic carbocycles. The summed E-state index contributed by atoms with van der Waals surface area (Å²) in [6, 6.07) is 0. The number of esters is 5. The second-order valence-electron chi connectivity index (χ2n) is 10.5. The Balaban J connectivity index is 2.38. The number of fused-ring (bicyclic) bond motifs is 2. The Bertz CT molecular complexity index is 1120. The minimum absolute atomic E-state index is 0.254. The third-order valence-corrected chi connectivity index (χ3v) is 7.84. The van der Waals surface area contributed by atoms with Crippen LogP contribution in [0.15, 0.2) is 36.0 Å². The van der Waals surface area contributed by atoms with Crippen molar-refractivity contribution in [3.05, 3.63) is 36.0 Å². The van der Waals surface area contributed by atoms with Crippen LogP contribution in [0.1, 0.15) is 54.4 Å². The van der Waals surface area contributed by atoms with Crippen LogP contribution in [0.25, 0.3) is 0 Å². The summed E-state index contributed by atoms with van der Waals surface area (Å²) < 4.78 is 28.0. The fraction of sp³-hybridized carbons (Fsp3) is 0.607. The third kappa shape index (κ3) is 5.78. The molecule has 2 aliphatic carbocycles. The molecule has 3 aliphatic rings. The Morgan fingerprint density at radius 2 is 1.67 bits per heavy atom. The van der Waals surface area contributed by atoms with E-state index in [1.165, 1.54) is 39.8 Å². The molecule has 214 valence electrons. The van der Waals surface area contributed by atoms with Crippen molar-refractivity contribution in [2.45, 2.75) is 84.4 Å². The molecule has 11 heteroatoms. The van der Waals surface area contributed by atoms with Gasteiger partial charge in [0.05, 0.1) is 11.3 Å². The molecule has 0 aromatic rings. The SMILES string of the molecule is C=C1CC[C@H](OC(C)=O)[C@]2(C)[C@@H](OC(C)=O)/C=C/C(COC(C)=O)=C\[C@@H]3OC(=O)[C@H](C)[C@@]3(O)C(OC(C)=O)[C@@H]12. The van der Waals surface area contributed by atoms with Gasteiger partial charge in [-0.1, -0.05) is 25.2 Å². The van der Waals surface area contributed by atoms with Crippen molar-refractivity contribution in [3.63, 3.8) is 0 Å². The number of rotatable bonds is 5. The molecule has 0 aromatic heterocycles. The standard InChI is InChI=1S/C28H36O11/c1-14-8-10-21(36-17(4)30)27(7)22(37-18(5)31)11-9-20(13-35-16(3)29)12-23-28(34,15(2)26(33)39-23)25(24(14)27)38-19(6)32/h9,11-12,15,21-25,34H,1,8,10,13H2,2-7H3/b11-9+,20-12+/t15-,21-,22-,23-,24+,25?,27+,28-/m0/s1. The number of carbonyl (C=O) groups is 5. The van der Waals surface area contributed by atoms with Crippen LogP contribution in [0.3, 0.4) is 0 Å². The van der Waals surface area contributed by atoms with Gasteiger partial charge in [0.2, 0.25) is 0 Å². The maximum absolute atomic E-state index is 12.9. The molecule has 0 radical (unpaired) electrons. The zero-order chi connectivity index (χ0) is 29.3. The van der Waals surface area contributed by atoms with Crippen LogP contribution in [0.4, 0.5) is 0 Å². The maximum Gasteiger partial charge on any atom is 0.312 e. The number of carbonyl (C=O) groups excluding carboxylic acids is 5. The molecular weight excluding hydrogens is 512 g/mol. The molecule has 0 bridgehead atoms. The van der Waals surface area contributed by atoms with E-state index < -0.39 is 77.1 Å². The summed E-state index contributed by atoms with van der Waals surface area (Å²) in [4.78, 5) is 61.4. The van der Waals surface area contributed by atoms with Crippen LogP contribution in [-0.2, 0) is 47.7 Å². The molecule has 3 rings (SSSR count). The molecule has 2 fully saturated rings. The molecule has 39 heavy (non-hydrogen) atoms. The summed E-state index contributed by atoms with van der Waals surface area (Å²) in [7, 11) is 0. The zero-order valence-corrected chi connectivity index (χ0v) is 23.1. The molecule has 0 spiro atoms. The molecule has 1 N–H and O–H groups in total. The van der Waals surface area contributed by atoms with E-state index in [0.717, 1.165) is 6.92 Å². The average Bonchev–Trinajstić information content (AvgIpc) is 3.03. The maximum atomic E-state index is 12.9. The smallest absolute Gasteiger partial charge is 0.312 e. The first kappa shape index (κ1) is 30.1. The predicted molar refractivity (Wildman–Crippen MR) is 134 cm³/mol. The van der Waals surface area contributed by atoms with Gasteiger partial charge in [-0.05, 0) is 37.5 Å². The molecule has 1 aliphatic heterocycles. The third-order valence-electron chi connectivity index (χ3n) is 7.84. The van der Waals surface area contributed by atoms with E-state index in [9.17, 15) is 29.1 Å². The van der Waals surface area contributed by atoms with Gasteiger partial charge < -0.3 is 28.8 Å². The van der Waals surface area contributed by atoms with Gasteiger partial charge in [0.15, 0.2) is 11.7 Å². The number of ether oxygens (including phenoxy) is 5. The first-order valence-corrected chi connectivity index (χ1v) is 12.8. The lowest BCUT2D eigenvalue weighted by Gasteiger charge is -2.54. The average molecular weight is 549 g/mol.